The lowest BCUT2D eigenvalue weighted by atomic mass is 10.1. The second-order valence-electron chi connectivity index (χ2n) is 4.67. The third-order valence-electron chi connectivity index (χ3n) is 3.24. The zero-order chi connectivity index (χ0) is 13.5. The van der Waals surface area contributed by atoms with Gasteiger partial charge in [0.05, 0.1) is 5.52 Å². The molecule has 0 fully saturated rings. The predicted octanol–water partition coefficient (Wildman–Crippen LogP) is 3.75. The summed E-state index contributed by atoms with van der Waals surface area (Å²) in [5.74, 6) is 0.584. The molecule has 1 aromatic carbocycles. The quantitative estimate of drug-likeness (QED) is 0.523. The largest absolute Gasteiger partial charge is 0.434 e. The van der Waals surface area contributed by atoms with E-state index in [2.05, 4.69) is 15.0 Å². The number of nitrogens with zero attached hydrogens (tertiary/aromatic N) is 3. The topological polar surface area (TPSA) is 51.8 Å². The van der Waals surface area contributed by atoms with Crippen molar-refractivity contribution in [3.05, 3.63) is 54.4 Å². The van der Waals surface area contributed by atoms with Crippen molar-refractivity contribution in [1.82, 2.24) is 15.0 Å². The molecule has 0 saturated carbocycles. The summed E-state index contributed by atoms with van der Waals surface area (Å²) < 4.78 is 5.82. The molecule has 0 aliphatic rings. The van der Waals surface area contributed by atoms with E-state index in [1.54, 1.807) is 6.20 Å². The molecule has 0 bridgehead atoms. The molecule has 3 aromatic heterocycles. The van der Waals surface area contributed by atoms with Crippen LogP contribution in [0.3, 0.4) is 0 Å². The summed E-state index contributed by atoms with van der Waals surface area (Å²) in [7, 11) is 0. The van der Waals surface area contributed by atoms with Crippen LogP contribution in [0.1, 0.15) is 5.69 Å². The van der Waals surface area contributed by atoms with Crippen molar-refractivity contribution in [3.63, 3.8) is 0 Å². The summed E-state index contributed by atoms with van der Waals surface area (Å²) >= 11 is 0. The predicted molar refractivity (Wildman–Crippen MR) is 77.3 cm³/mol. The summed E-state index contributed by atoms with van der Waals surface area (Å²) in [6.07, 6.45) is 1.71. The van der Waals surface area contributed by atoms with E-state index in [-0.39, 0.29) is 0 Å². The Morgan fingerprint density at radius 1 is 1.00 bits per heavy atom. The maximum Gasteiger partial charge on any atom is 0.229 e. The lowest BCUT2D eigenvalue weighted by Crippen LogP contribution is -1.88. The van der Waals surface area contributed by atoms with Crippen LogP contribution in [0.2, 0.25) is 0 Å². The molecule has 4 heteroatoms. The van der Waals surface area contributed by atoms with Crippen molar-refractivity contribution in [3.8, 4) is 11.5 Å². The van der Waals surface area contributed by atoms with Crippen molar-refractivity contribution < 1.29 is 4.42 Å². The maximum absolute atomic E-state index is 5.82. The van der Waals surface area contributed by atoms with E-state index < -0.39 is 0 Å². The molecular weight excluding hydrogens is 250 g/mol. The van der Waals surface area contributed by atoms with Crippen LogP contribution in [-0.4, -0.2) is 15.0 Å². The van der Waals surface area contributed by atoms with E-state index in [0.717, 1.165) is 22.2 Å². The highest BCUT2D eigenvalue weighted by Crippen LogP contribution is 2.29. The number of rotatable bonds is 1. The molecule has 0 unspecified atom stereocenters. The van der Waals surface area contributed by atoms with E-state index in [9.17, 15) is 0 Å². The fourth-order valence-corrected chi connectivity index (χ4v) is 2.37. The number of aryl methyl sites for hydroxylation is 1. The van der Waals surface area contributed by atoms with Gasteiger partial charge < -0.3 is 4.42 Å². The van der Waals surface area contributed by atoms with Gasteiger partial charge >= 0.3 is 0 Å². The van der Waals surface area contributed by atoms with Crippen molar-refractivity contribution >= 4 is 22.1 Å². The fourth-order valence-electron chi connectivity index (χ4n) is 2.37. The van der Waals surface area contributed by atoms with Gasteiger partial charge in [-0.2, -0.15) is 4.98 Å². The second kappa shape index (κ2) is 4.13. The van der Waals surface area contributed by atoms with Crippen LogP contribution in [-0.2, 0) is 0 Å². The molecule has 20 heavy (non-hydrogen) atoms. The normalized spacial score (nSPS) is 11.2. The molecule has 0 aliphatic carbocycles. The Labute approximate surface area is 115 Å². The molecule has 0 radical (unpaired) electrons. The number of hydrogen-bond acceptors (Lipinski definition) is 4. The minimum absolute atomic E-state index is 0.584. The van der Waals surface area contributed by atoms with E-state index in [1.807, 2.05) is 49.4 Å². The Morgan fingerprint density at radius 3 is 2.80 bits per heavy atom. The van der Waals surface area contributed by atoms with Gasteiger partial charge in [-0.05, 0) is 31.2 Å². The monoisotopic (exact) mass is 261 g/mol. The summed E-state index contributed by atoms with van der Waals surface area (Å²) in [5.41, 5.74) is 4.15. The zero-order valence-electron chi connectivity index (χ0n) is 10.9. The molecule has 96 valence electrons. The van der Waals surface area contributed by atoms with Crippen LogP contribution in [0.5, 0.6) is 0 Å². The highest BCUT2D eigenvalue weighted by Gasteiger charge is 2.12. The van der Waals surface area contributed by atoms with Crippen LogP contribution in [0.15, 0.2) is 53.1 Å². The zero-order valence-corrected chi connectivity index (χ0v) is 10.9. The third kappa shape index (κ3) is 1.66. The summed E-state index contributed by atoms with van der Waals surface area (Å²) in [5, 5.41) is 1.03. The number of pyridine rings is 2. The minimum Gasteiger partial charge on any atom is -0.434 e. The van der Waals surface area contributed by atoms with Gasteiger partial charge in [0.15, 0.2) is 11.2 Å². The average Bonchev–Trinajstić information content (AvgIpc) is 2.90. The van der Waals surface area contributed by atoms with Crippen molar-refractivity contribution in [2.75, 3.05) is 0 Å². The molecule has 0 aliphatic heterocycles. The summed E-state index contributed by atoms with van der Waals surface area (Å²) in [6.45, 7) is 1.97. The smallest absolute Gasteiger partial charge is 0.229 e. The molecule has 0 spiro atoms. The summed E-state index contributed by atoms with van der Waals surface area (Å²) in [4.78, 5) is 13.2. The van der Waals surface area contributed by atoms with Crippen LogP contribution < -0.4 is 0 Å². The van der Waals surface area contributed by atoms with Crippen molar-refractivity contribution in [2.24, 2.45) is 0 Å². The van der Waals surface area contributed by atoms with Gasteiger partial charge in [-0.1, -0.05) is 18.2 Å². The highest BCUT2D eigenvalue weighted by molar-refractivity contribution is 5.93. The van der Waals surface area contributed by atoms with Crippen LogP contribution >= 0.6 is 0 Å². The molecule has 0 atom stereocenters. The SMILES string of the molecule is Cc1cc(-c2nc3ncccc3o2)c2ccccc2n1. The van der Waals surface area contributed by atoms with Gasteiger partial charge in [0.2, 0.25) is 5.89 Å². The van der Waals surface area contributed by atoms with Gasteiger partial charge in [-0.25, -0.2) is 4.98 Å². The lowest BCUT2D eigenvalue weighted by molar-refractivity contribution is 0.620. The lowest BCUT2D eigenvalue weighted by Gasteiger charge is -2.04. The molecule has 4 nitrogen and oxygen atoms in total. The number of para-hydroxylation sites is 1. The molecule has 0 saturated heterocycles. The van der Waals surface area contributed by atoms with Gasteiger partial charge in [-0.15, -0.1) is 0 Å². The number of hydrogen-bond donors (Lipinski definition) is 0. The Balaban J connectivity index is 2.06. The maximum atomic E-state index is 5.82. The molecule has 0 amide bonds. The van der Waals surface area contributed by atoms with E-state index in [1.165, 1.54) is 0 Å². The number of fused-ring (bicyclic) bond motifs is 2. The number of aromatic nitrogens is 3. The molecular formula is C16H11N3O. The summed E-state index contributed by atoms with van der Waals surface area (Å²) in [6, 6.07) is 13.7. The van der Waals surface area contributed by atoms with Gasteiger partial charge in [-0.3, -0.25) is 4.98 Å². The molecule has 0 N–H and O–H groups in total. The first kappa shape index (κ1) is 11.1. The van der Waals surface area contributed by atoms with Crippen molar-refractivity contribution in [2.45, 2.75) is 6.92 Å². The second-order valence-corrected chi connectivity index (χ2v) is 4.67. The Morgan fingerprint density at radius 2 is 1.90 bits per heavy atom. The average molecular weight is 261 g/mol. The molecule has 3 heterocycles. The first-order valence-corrected chi connectivity index (χ1v) is 6.39. The van der Waals surface area contributed by atoms with Gasteiger partial charge in [0.25, 0.3) is 0 Å². The Bertz CT molecular complexity index is 894. The Hall–Kier alpha value is -2.75. The van der Waals surface area contributed by atoms with Crippen LogP contribution in [0, 0.1) is 6.92 Å². The first-order chi connectivity index (χ1) is 9.81. The highest BCUT2D eigenvalue weighted by atomic mass is 16.3. The third-order valence-corrected chi connectivity index (χ3v) is 3.24. The minimum atomic E-state index is 0.584. The van der Waals surface area contributed by atoms with E-state index >= 15 is 0 Å². The molecule has 4 rings (SSSR count). The molecule has 4 aromatic rings. The van der Waals surface area contributed by atoms with Crippen LogP contribution in [0.25, 0.3) is 33.6 Å². The van der Waals surface area contributed by atoms with Crippen molar-refractivity contribution in [1.29, 1.82) is 0 Å². The standard InChI is InChI=1S/C16H11N3O/c1-10-9-12(11-5-2-3-6-13(11)18-10)16-19-15-14(20-16)7-4-8-17-15/h2-9H,1H3. The van der Waals surface area contributed by atoms with Gasteiger partial charge in [0, 0.05) is 22.8 Å². The fraction of sp³-hybridized carbons (Fsp3) is 0.0625. The Kier molecular flexibility index (Phi) is 2.29. The van der Waals surface area contributed by atoms with Crippen LogP contribution in [0.4, 0.5) is 0 Å². The van der Waals surface area contributed by atoms with E-state index in [4.69, 9.17) is 4.42 Å². The van der Waals surface area contributed by atoms with Gasteiger partial charge in [0.1, 0.15) is 0 Å². The van der Waals surface area contributed by atoms with E-state index in [0.29, 0.717) is 17.1 Å². The number of oxazole rings is 1. The first-order valence-electron chi connectivity index (χ1n) is 6.39. The number of benzene rings is 1.